The number of hydrogen-bond donors (Lipinski definition) is 2. The van der Waals surface area contributed by atoms with Crippen LogP contribution in [-0.2, 0) is 16.9 Å². The van der Waals surface area contributed by atoms with Crippen molar-refractivity contribution in [3.05, 3.63) is 101 Å². The summed E-state index contributed by atoms with van der Waals surface area (Å²) in [5.74, 6) is -0.407. The lowest BCUT2D eigenvalue weighted by atomic mass is 9.82. The van der Waals surface area contributed by atoms with Crippen LogP contribution in [0.15, 0.2) is 79.1 Å². The van der Waals surface area contributed by atoms with Crippen LogP contribution < -0.4 is 5.32 Å². The number of nitrogens with zero attached hydrogens (tertiary/aromatic N) is 3. The van der Waals surface area contributed by atoms with E-state index >= 15 is 0 Å². The van der Waals surface area contributed by atoms with E-state index in [1.54, 1.807) is 6.33 Å². The maximum absolute atomic E-state index is 13.8. The minimum absolute atomic E-state index is 0.128. The number of benzene rings is 3. The van der Waals surface area contributed by atoms with E-state index in [9.17, 15) is 14.7 Å². The van der Waals surface area contributed by atoms with Crippen LogP contribution in [0.5, 0.6) is 0 Å². The molecular weight excluding hydrogens is 428 g/mol. The predicted molar refractivity (Wildman–Crippen MR) is 129 cm³/mol. The van der Waals surface area contributed by atoms with Crippen LogP contribution in [0.3, 0.4) is 0 Å². The molecule has 1 fully saturated rings. The highest BCUT2D eigenvalue weighted by molar-refractivity contribution is 6.09. The van der Waals surface area contributed by atoms with Gasteiger partial charge in [0.2, 0.25) is 0 Å². The minimum Gasteiger partial charge on any atom is -0.389 e. The zero-order chi connectivity index (χ0) is 23.9. The maximum atomic E-state index is 13.8. The Labute approximate surface area is 197 Å². The van der Waals surface area contributed by atoms with Crippen molar-refractivity contribution in [2.75, 3.05) is 6.54 Å². The molecule has 1 saturated heterocycles. The highest BCUT2D eigenvalue weighted by atomic mass is 16.3. The summed E-state index contributed by atoms with van der Waals surface area (Å²) < 4.78 is 1.85. The summed E-state index contributed by atoms with van der Waals surface area (Å²) in [5.41, 5.74) is 4.03. The molecule has 3 amide bonds. The Morgan fingerprint density at radius 1 is 0.912 bits per heavy atom. The number of nitrogens with one attached hydrogen (secondary N) is 1. The average Bonchev–Trinajstić information content (AvgIpc) is 3.34. The number of carbonyl (C=O) groups excluding carboxylic acids is 2. The molecule has 1 aliphatic heterocycles. The fraction of sp³-hybridized carbons (Fsp3) is 0.222. The van der Waals surface area contributed by atoms with Gasteiger partial charge >= 0.3 is 6.03 Å². The highest BCUT2D eigenvalue weighted by Gasteiger charge is 2.53. The summed E-state index contributed by atoms with van der Waals surface area (Å²) in [4.78, 5) is 32.4. The number of hydrogen-bond acceptors (Lipinski definition) is 4. The Balaban J connectivity index is 1.43. The van der Waals surface area contributed by atoms with Gasteiger partial charge in [-0.25, -0.2) is 9.78 Å². The van der Waals surface area contributed by atoms with E-state index in [0.717, 1.165) is 27.1 Å². The average molecular weight is 455 g/mol. The highest BCUT2D eigenvalue weighted by Crippen LogP contribution is 2.36. The van der Waals surface area contributed by atoms with Gasteiger partial charge < -0.3 is 15.0 Å². The van der Waals surface area contributed by atoms with Crippen molar-refractivity contribution in [1.29, 1.82) is 0 Å². The van der Waals surface area contributed by atoms with Crippen molar-refractivity contribution in [3.8, 4) is 0 Å². The molecule has 2 N–H and O–H groups in total. The van der Waals surface area contributed by atoms with Crippen molar-refractivity contribution in [1.82, 2.24) is 19.8 Å². The number of amides is 3. The van der Waals surface area contributed by atoms with Crippen LogP contribution >= 0.6 is 0 Å². The molecule has 34 heavy (non-hydrogen) atoms. The Hall–Kier alpha value is -3.97. The monoisotopic (exact) mass is 454 g/mol. The first kappa shape index (κ1) is 21.9. The van der Waals surface area contributed by atoms with Crippen LogP contribution in [0.25, 0.3) is 11.0 Å². The molecule has 3 aromatic carbocycles. The van der Waals surface area contributed by atoms with E-state index in [2.05, 4.69) is 10.3 Å². The van der Waals surface area contributed by atoms with Gasteiger partial charge in [0.25, 0.3) is 5.91 Å². The Morgan fingerprint density at radius 3 is 2.12 bits per heavy atom. The molecule has 4 aromatic rings. The standard InChI is InChI=1S/C27H26N4O3/c1-18-13-23-24(14-19(18)2)30(17-28-23)15-22(32)16-31-25(33)27(29-26(31)34,20-9-5-3-6-10-20)21-11-7-4-8-12-21/h3-14,17,22,32H,15-16H2,1-2H3,(H,29,34). The summed E-state index contributed by atoms with van der Waals surface area (Å²) in [5, 5.41) is 13.8. The van der Waals surface area contributed by atoms with Gasteiger partial charge in [0.05, 0.1) is 36.6 Å². The number of β-amino-alcohol motifs (C(OH)–C–C–N with tert-alkyl or cyclic N) is 1. The van der Waals surface area contributed by atoms with Gasteiger partial charge in [-0.1, -0.05) is 60.7 Å². The van der Waals surface area contributed by atoms with Crippen LogP contribution in [0.1, 0.15) is 22.3 Å². The molecule has 0 bridgehead atoms. The maximum Gasteiger partial charge on any atom is 0.325 e. The van der Waals surface area contributed by atoms with E-state index in [1.807, 2.05) is 91.2 Å². The first-order valence-corrected chi connectivity index (χ1v) is 11.3. The molecule has 0 saturated carbocycles. The number of carbonyl (C=O) groups is 2. The Bertz CT molecular complexity index is 1330. The fourth-order valence-electron chi connectivity index (χ4n) is 4.63. The Morgan fingerprint density at radius 2 is 1.50 bits per heavy atom. The molecule has 7 heteroatoms. The summed E-state index contributed by atoms with van der Waals surface area (Å²) in [6, 6.07) is 21.9. The van der Waals surface area contributed by atoms with Gasteiger partial charge in [0, 0.05) is 0 Å². The number of aromatic nitrogens is 2. The van der Waals surface area contributed by atoms with Crippen molar-refractivity contribution >= 4 is 23.0 Å². The van der Waals surface area contributed by atoms with E-state index in [0.29, 0.717) is 11.1 Å². The van der Waals surface area contributed by atoms with E-state index in [1.165, 1.54) is 0 Å². The van der Waals surface area contributed by atoms with Crippen molar-refractivity contribution in [3.63, 3.8) is 0 Å². The normalized spacial score (nSPS) is 16.1. The number of urea groups is 1. The number of aliphatic hydroxyl groups excluding tert-OH is 1. The van der Waals surface area contributed by atoms with Crippen molar-refractivity contribution in [2.45, 2.75) is 32.0 Å². The lowest BCUT2D eigenvalue weighted by molar-refractivity contribution is -0.131. The fourth-order valence-corrected chi connectivity index (χ4v) is 4.63. The molecular formula is C27H26N4O3. The van der Waals surface area contributed by atoms with Crippen molar-refractivity contribution in [2.24, 2.45) is 0 Å². The smallest absolute Gasteiger partial charge is 0.325 e. The molecule has 5 rings (SSSR count). The largest absolute Gasteiger partial charge is 0.389 e. The second-order valence-corrected chi connectivity index (χ2v) is 8.80. The molecule has 0 spiro atoms. The number of imidazole rings is 1. The summed E-state index contributed by atoms with van der Waals surface area (Å²) in [7, 11) is 0. The molecule has 2 heterocycles. The number of rotatable bonds is 6. The quantitative estimate of drug-likeness (QED) is 0.437. The first-order valence-electron chi connectivity index (χ1n) is 11.3. The molecule has 172 valence electrons. The number of imide groups is 1. The van der Waals surface area contributed by atoms with Gasteiger partial charge in [0.15, 0.2) is 5.54 Å². The van der Waals surface area contributed by atoms with Crippen LogP contribution in [0.4, 0.5) is 4.79 Å². The third-order valence-corrected chi connectivity index (χ3v) is 6.56. The third-order valence-electron chi connectivity index (χ3n) is 6.56. The molecule has 1 atom stereocenters. The van der Waals surface area contributed by atoms with Gasteiger partial charge in [-0.15, -0.1) is 0 Å². The molecule has 0 aliphatic carbocycles. The van der Waals surface area contributed by atoms with Gasteiger partial charge in [-0.3, -0.25) is 9.69 Å². The lowest BCUT2D eigenvalue weighted by Gasteiger charge is -2.28. The second-order valence-electron chi connectivity index (χ2n) is 8.80. The zero-order valence-electron chi connectivity index (χ0n) is 19.1. The van der Waals surface area contributed by atoms with Gasteiger partial charge in [0.1, 0.15) is 0 Å². The third kappa shape index (κ3) is 3.54. The van der Waals surface area contributed by atoms with Gasteiger partial charge in [-0.05, 0) is 48.2 Å². The number of aryl methyl sites for hydroxylation is 2. The lowest BCUT2D eigenvalue weighted by Crippen LogP contribution is -2.45. The topological polar surface area (TPSA) is 87.5 Å². The summed E-state index contributed by atoms with van der Waals surface area (Å²) in [6.45, 7) is 4.14. The molecule has 1 aromatic heterocycles. The molecule has 0 radical (unpaired) electrons. The van der Waals surface area contributed by atoms with E-state index < -0.39 is 23.6 Å². The van der Waals surface area contributed by atoms with Crippen molar-refractivity contribution < 1.29 is 14.7 Å². The van der Waals surface area contributed by atoms with E-state index in [4.69, 9.17) is 0 Å². The Kier molecular flexibility index (Phi) is 5.42. The van der Waals surface area contributed by atoms with Crippen LogP contribution in [-0.4, -0.2) is 44.1 Å². The predicted octanol–water partition coefficient (Wildman–Crippen LogP) is 3.51. The number of fused-ring (bicyclic) bond motifs is 1. The summed E-state index contributed by atoms with van der Waals surface area (Å²) in [6.07, 6.45) is 0.715. The summed E-state index contributed by atoms with van der Waals surface area (Å²) >= 11 is 0. The van der Waals surface area contributed by atoms with Gasteiger partial charge in [-0.2, -0.15) is 0 Å². The van der Waals surface area contributed by atoms with Crippen LogP contribution in [0.2, 0.25) is 0 Å². The second kappa shape index (κ2) is 8.43. The number of aliphatic hydroxyl groups is 1. The molecule has 1 aliphatic rings. The van der Waals surface area contributed by atoms with E-state index in [-0.39, 0.29) is 13.1 Å². The molecule has 7 nitrogen and oxygen atoms in total. The van der Waals surface area contributed by atoms with Crippen LogP contribution in [0, 0.1) is 13.8 Å². The SMILES string of the molecule is Cc1cc2ncn(CC(O)CN3C(=O)NC(c4ccccc4)(c4ccccc4)C3=O)c2cc1C. The zero-order valence-corrected chi connectivity index (χ0v) is 19.1. The minimum atomic E-state index is -1.34. The first-order chi connectivity index (χ1) is 16.4. The molecule has 1 unspecified atom stereocenters.